The van der Waals surface area contributed by atoms with Crippen LogP contribution in [0.3, 0.4) is 0 Å². The van der Waals surface area contributed by atoms with Crippen molar-refractivity contribution in [3.8, 4) is 0 Å². The second kappa shape index (κ2) is 11.2. The molecule has 3 N–H and O–H groups in total. The number of rotatable bonds is 7. The lowest BCUT2D eigenvalue weighted by atomic mass is 9.95. The fourth-order valence-corrected chi connectivity index (χ4v) is 3.45. The number of likely N-dealkylation sites (tertiary alicyclic amines) is 1. The van der Waals surface area contributed by atoms with Crippen molar-refractivity contribution in [1.29, 1.82) is 0 Å². The highest BCUT2D eigenvalue weighted by atomic mass is 35.5. The van der Waals surface area contributed by atoms with Gasteiger partial charge >= 0.3 is 0 Å². The van der Waals surface area contributed by atoms with E-state index >= 15 is 0 Å². The molecule has 2 rings (SSSR count). The van der Waals surface area contributed by atoms with Crippen molar-refractivity contribution in [2.45, 2.75) is 58.0 Å². The van der Waals surface area contributed by atoms with Crippen LogP contribution in [0, 0.1) is 5.92 Å². The van der Waals surface area contributed by atoms with E-state index in [-0.39, 0.29) is 36.2 Å². The average Bonchev–Trinajstić information content (AvgIpc) is 2.62. The van der Waals surface area contributed by atoms with Crippen molar-refractivity contribution >= 4 is 24.2 Å². The molecule has 0 bridgehead atoms. The number of hydrogen-bond acceptors (Lipinski definition) is 3. The van der Waals surface area contributed by atoms with Gasteiger partial charge in [-0.3, -0.25) is 9.59 Å². The van der Waals surface area contributed by atoms with E-state index in [0.717, 1.165) is 31.2 Å². The van der Waals surface area contributed by atoms with Crippen LogP contribution >= 0.6 is 12.4 Å². The Morgan fingerprint density at radius 3 is 2.65 bits per heavy atom. The topological polar surface area (TPSA) is 75.4 Å². The molecule has 26 heavy (non-hydrogen) atoms. The molecule has 1 aromatic rings. The lowest BCUT2D eigenvalue weighted by Crippen LogP contribution is -2.51. The summed E-state index contributed by atoms with van der Waals surface area (Å²) in [5.41, 5.74) is 7.19. The number of piperidine rings is 1. The second-order valence-electron chi connectivity index (χ2n) is 7.12. The van der Waals surface area contributed by atoms with Crippen molar-refractivity contribution < 1.29 is 9.59 Å². The largest absolute Gasteiger partial charge is 0.353 e. The SMILES string of the molecule is CCCC(C)NC(=O)C1CCCN(C(=O)[C@@H](N)Cc2ccccc2)C1.Cl. The van der Waals surface area contributed by atoms with E-state index in [2.05, 4.69) is 12.2 Å². The molecule has 0 saturated carbocycles. The first kappa shape index (κ1) is 22.5. The molecule has 1 heterocycles. The van der Waals surface area contributed by atoms with E-state index in [1.54, 1.807) is 4.90 Å². The van der Waals surface area contributed by atoms with E-state index in [9.17, 15) is 9.59 Å². The Hall–Kier alpha value is -1.59. The van der Waals surface area contributed by atoms with E-state index in [0.29, 0.717) is 19.5 Å². The van der Waals surface area contributed by atoms with Gasteiger partial charge in [0.25, 0.3) is 0 Å². The molecule has 1 saturated heterocycles. The van der Waals surface area contributed by atoms with Crippen LogP contribution in [0.4, 0.5) is 0 Å². The highest BCUT2D eigenvalue weighted by Crippen LogP contribution is 2.18. The number of nitrogens with one attached hydrogen (secondary N) is 1. The van der Waals surface area contributed by atoms with Crippen LogP contribution in [0.25, 0.3) is 0 Å². The molecule has 2 amide bonds. The van der Waals surface area contributed by atoms with Crippen molar-refractivity contribution in [2.75, 3.05) is 13.1 Å². The summed E-state index contributed by atoms with van der Waals surface area (Å²) in [6, 6.07) is 9.44. The first-order valence-electron chi connectivity index (χ1n) is 9.40. The first-order valence-corrected chi connectivity index (χ1v) is 9.40. The summed E-state index contributed by atoms with van der Waals surface area (Å²) in [4.78, 5) is 26.9. The zero-order valence-electron chi connectivity index (χ0n) is 15.8. The van der Waals surface area contributed by atoms with Gasteiger partial charge in [-0.25, -0.2) is 0 Å². The molecule has 5 nitrogen and oxygen atoms in total. The molecule has 3 atom stereocenters. The lowest BCUT2D eigenvalue weighted by molar-refractivity contribution is -0.137. The average molecular weight is 382 g/mol. The van der Waals surface area contributed by atoms with Gasteiger partial charge in [0.05, 0.1) is 12.0 Å². The van der Waals surface area contributed by atoms with Gasteiger partial charge in [0.2, 0.25) is 11.8 Å². The van der Waals surface area contributed by atoms with Crippen LogP contribution in [0.1, 0.15) is 45.1 Å². The maximum atomic E-state index is 12.7. The Morgan fingerprint density at radius 2 is 2.00 bits per heavy atom. The molecule has 1 aliphatic rings. The summed E-state index contributed by atoms with van der Waals surface area (Å²) in [5, 5.41) is 3.07. The Labute approximate surface area is 163 Å². The van der Waals surface area contributed by atoms with Crippen molar-refractivity contribution in [3.63, 3.8) is 0 Å². The van der Waals surface area contributed by atoms with Crippen LogP contribution in [0.2, 0.25) is 0 Å². The van der Waals surface area contributed by atoms with Crippen LogP contribution in [0.5, 0.6) is 0 Å². The van der Waals surface area contributed by atoms with Crippen LogP contribution < -0.4 is 11.1 Å². The molecule has 0 aliphatic carbocycles. The fourth-order valence-electron chi connectivity index (χ4n) is 3.45. The predicted octanol–water partition coefficient (Wildman–Crippen LogP) is 2.52. The van der Waals surface area contributed by atoms with Gasteiger partial charge in [-0.05, 0) is 38.2 Å². The van der Waals surface area contributed by atoms with Gasteiger partial charge in [0, 0.05) is 19.1 Å². The third-order valence-electron chi connectivity index (χ3n) is 4.83. The zero-order chi connectivity index (χ0) is 18.2. The monoisotopic (exact) mass is 381 g/mol. The molecular formula is C20H32ClN3O2. The maximum absolute atomic E-state index is 12.7. The Morgan fingerprint density at radius 1 is 1.31 bits per heavy atom. The van der Waals surface area contributed by atoms with Crippen molar-refractivity contribution in [2.24, 2.45) is 11.7 Å². The number of halogens is 1. The Kier molecular flexibility index (Phi) is 9.66. The number of hydrogen-bond donors (Lipinski definition) is 2. The molecule has 0 radical (unpaired) electrons. The number of nitrogens with two attached hydrogens (primary N) is 1. The normalized spacial score (nSPS) is 19.2. The van der Waals surface area contributed by atoms with Gasteiger partial charge < -0.3 is 16.0 Å². The number of amides is 2. The smallest absolute Gasteiger partial charge is 0.239 e. The molecule has 0 aromatic heterocycles. The number of carbonyl (C=O) groups excluding carboxylic acids is 2. The maximum Gasteiger partial charge on any atom is 0.239 e. The Balaban J connectivity index is 0.00000338. The number of nitrogens with zero attached hydrogens (tertiary/aromatic N) is 1. The third kappa shape index (κ3) is 6.61. The fraction of sp³-hybridized carbons (Fsp3) is 0.600. The summed E-state index contributed by atoms with van der Waals surface area (Å²) in [6.45, 7) is 5.31. The standard InChI is InChI=1S/C20H31N3O2.ClH/c1-3-8-15(2)22-19(24)17-11-7-12-23(14-17)20(25)18(21)13-16-9-5-4-6-10-16;/h4-6,9-10,15,17-18H,3,7-8,11-14,21H2,1-2H3,(H,22,24);1H/t15?,17?,18-;/m0./s1. The highest BCUT2D eigenvalue weighted by Gasteiger charge is 2.31. The minimum absolute atomic E-state index is 0. The van der Waals surface area contributed by atoms with Gasteiger partial charge in [0.1, 0.15) is 0 Å². The molecule has 1 aliphatic heterocycles. The second-order valence-corrected chi connectivity index (χ2v) is 7.12. The van der Waals surface area contributed by atoms with Crippen molar-refractivity contribution in [3.05, 3.63) is 35.9 Å². The van der Waals surface area contributed by atoms with Crippen LogP contribution in [-0.2, 0) is 16.0 Å². The lowest BCUT2D eigenvalue weighted by Gasteiger charge is -2.34. The molecule has 0 spiro atoms. The van der Waals surface area contributed by atoms with Crippen LogP contribution in [0.15, 0.2) is 30.3 Å². The summed E-state index contributed by atoms with van der Waals surface area (Å²) in [7, 11) is 0. The van der Waals surface area contributed by atoms with Gasteiger partial charge in [-0.2, -0.15) is 0 Å². The summed E-state index contributed by atoms with van der Waals surface area (Å²) in [6.07, 6.45) is 4.24. The molecule has 2 unspecified atom stereocenters. The van der Waals surface area contributed by atoms with E-state index in [1.165, 1.54) is 0 Å². The summed E-state index contributed by atoms with van der Waals surface area (Å²) in [5.74, 6) is -0.112. The van der Waals surface area contributed by atoms with Gasteiger partial charge in [0.15, 0.2) is 0 Å². The van der Waals surface area contributed by atoms with E-state index in [4.69, 9.17) is 5.73 Å². The number of carbonyl (C=O) groups is 2. The summed E-state index contributed by atoms with van der Waals surface area (Å²) < 4.78 is 0. The quantitative estimate of drug-likeness (QED) is 0.762. The van der Waals surface area contributed by atoms with Crippen LogP contribution in [-0.4, -0.2) is 41.9 Å². The van der Waals surface area contributed by atoms with E-state index in [1.807, 2.05) is 37.3 Å². The minimum Gasteiger partial charge on any atom is -0.353 e. The molecule has 146 valence electrons. The molecular weight excluding hydrogens is 350 g/mol. The molecule has 1 fully saturated rings. The Bertz CT molecular complexity index is 567. The first-order chi connectivity index (χ1) is 12.0. The highest BCUT2D eigenvalue weighted by molar-refractivity contribution is 5.85. The minimum atomic E-state index is -0.553. The van der Waals surface area contributed by atoms with E-state index < -0.39 is 6.04 Å². The van der Waals surface area contributed by atoms with Crippen molar-refractivity contribution in [1.82, 2.24) is 10.2 Å². The number of benzene rings is 1. The molecule has 6 heteroatoms. The zero-order valence-corrected chi connectivity index (χ0v) is 16.6. The van der Waals surface area contributed by atoms with Gasteiger partial charge in [-0.1, -0.05) is 43.7 Å². The molecule has 1 aromatic carbocycles. The summed E-state index contributed by atoms with van der Waals surface area (Å²) >= 11 is 0. The van der Waals surface area contributed by atoms with Gasteiger partial charge in [-0.15, -0.1) is 12.4 Å². The predicted molar refractivity (Wildman–Crippen MR) is 107 cm³/mol. The third-order valence-corrected chi connectivity index (χ3v) is 4.83.